The first-order valence-corrected chi connectivity index (χ1v) is 10.2. The number of piperazine rings is 1. The van der Waals surface area contributed by atoms with Gasteiger partial charge in [0, 0.05) is 55.3 Å². The van der Waals surface area contributed by atoms with Crippen LogP contribution in [0.15, 0.2) is 30.5 Å². The second-order valence-electron chi connectivity index (χ2n) is 7.07. The molecule has 2 fully saturated rings. The summed E-state index contributed by atoms with van der Waals surface area (Å²) < 4.78 is 5.92. The highest BCUT2D eigenvalue weighted by Crippen LogP contribution is 2.33. The lowest BCUT2D eigenvalue weighted by molar-refractivity contribution is 0.0172. The zero-order valence-electron chi connectivity index (χ0n) is 15.0. The van der Waals surface area contributed by atoms with Crippen LogP contribution in [0.25, 0.3) is 0 Å². The number of hydrogen-bond donors (Lipinski definition) is 0. The van der Waals surface area contributed by atoms with E-state index < -0.39 is 0 Å². The molecule has 0 saturated carbocycles. The van der Waals surface area contributed by atoms with Crippen LogP contribution >= 0.6 is 11.3 Å². The minimum atomic E-state index is 0.344. The van der Waals surface area contributed by atoms with E-state index in [1.54, 1.807) is 0 Å². The molecule has 0 spiro atoms. The summed E-state index contributed by atoms with van der Waals surface area (Å²) in [4.78, 5) is 12.4. The Bertz CT molecular complexity index is 688. The van der Waals surface area contributed by atoms with E-state index in [0.717, 1.165) is 45.1 Å². The van der Waals surface area contributed by atoms with Crippen molar-refractivity contribution in [1.29, 1.82) is 0 Å². The van der Waals surface area contributed by atoms with E-state index in [1.165, 1.54) is 34.6 Å². The third-order valence-electron chi connectivity index (χ3n) is 5.21. The van der Waals surface area contributed by atoms with Crippen molar-refractivity contribution in [3.05, 3.63) is 45.8 Å². The van der Waals surface area contributed by atoms with Gasteiger partial charge in [0.05, 0.1) is 6.10 Å². The molecule has 2 aliphatic heterocycles. The fraction of sp³-hybridized carbons (Fsp3) is 0.550. The Morgan fingerprint density at radius 3 is 2.80 bits per heavy atom. The van der Waals surface area contributed by atoms with Crippen LogP contribution in [-0.2, 0) is 11.3 Å². The Labute approximate surface area is 154 Å². The normalized spacial score (nSPS) is 22.3. The van der Waals surface area contributed by atoms with Crippen molar-refractivity contribution in [2.24, 2.45) is 0 Å². The molecule has 1 atom stereocenters. The second kappa shape index (κ2) is 7.85. The summed E-state index contributed by atoms with van der Waals surface area (Å²) in [5.41, 5.74) is 1.27. The van der Waals surface area contributed by atoms with Gasteiger partial charge in [0.2, 0.25) is 0 Å². The molecular weight excluding hydrogens is 330 g/mol. The van der Waals surface area contributed by atoms with Crippen molar-refractivity contribution in [3.8, 4) is 0 Å². The molecule has 5 heteroatoms. The Hall–Kier alpha value is -1.43. The van der Waals surface area contributed by atoms with Gasteiger partial charge < -0.3 is 9.64 Å². The first-order chi connectivity index (χ1) is 12.3. The maximum Gasteiger partial charge on any atom is 0.131 e. The summed E-state index contributed by atoms with van der Waals surface area (Å²) in [6.45, 7) is 8.45. The lowest BCUT2D eigenvalue weighted by Crippen LogP contribution is -2.46. The van der Waals surface area contributed by atoms with Crippen LogP contribution < -0.4 is 4.90 Å². The van der Waals surface area contributed by atoms with Crippen LogP contribution in [0.4, 0.5) is 5.82 Å². The number of anilines is 1. The number of nitrogens with zero attached hydrogens (tertiary/aromatic N) is 3. The smallest absolute Gasteiger partial charge is 0.131 e. The summed E-state index contributed by atoms with van der Waals surface area (Å²) in [7, 11) is 0. The number of hydrogen-bond acceptors (Lipinski definition) is 5. The van der Waals surface area contributed by atoms with E-state index in [1.807, 2.05) is 23.6 Å². The number of rotatable bonds is 4. The highest BCUT2D eigenvalue weighted by molar-refractivity contribution is 7.12. The van der Waals surface area contributed by atoms with Crippen LogP contribution in [0.2, 0.25) is 0 Å². The van der Waals surface area contributed by atoms with Crippen LogP contribution in [0.5, 0.6) is 0 Å². The van der Waals surface area contributed by atoms with E-state index >= 15 is 0 Å². The van der Waals surface area contributed by atoms with Gasteiger partial charge in [-0.3, -0.25) is 4.90 Å². The maximum atomic E-state index is 5.92. The molecule has 0 bridgehead atoms. The van der Waals surface area contributed by atoms with E-state index in [2.05, 4.69) is 39.9 Å². The third kappa shape index (κ3) is 4.05. The molecule has 4 rings (SSSR count). The minimum Gasteiger partial charge on any atom is -0.373 e. The summed E-state index contributed by atoms with van der Waals surface area (Å²) in [5, 5.41) is 0. The van der Waals surface area contributed by atoms with Gasteiger partial charge >= 0.3 is 0 Å². The molecule has 0 radical (unpaired) electrons. The molecule has 134 valence electrons. The Morgan fingerprint density at radius 2 is 2.04 bits per heavy atom. The van der Waals surface area contributed by atoms with Crippen LogP contribution in [0, 0.1) is 6.92 Å². The molecule has 0 aliphatic carbocycles. The number of aryl methyl sites for hydroxylation is 1. The van der Waals surface area contributed by atoms with Crippen molar-refractivity contribution in [1.82, 2.24) is 9.88 Å². The van der Waals surface area contributed by atoms with Crippen molar-refractivity contribution in [2.45, 2.75) is 38.8 Å². The van der Waals surface area contributed by atoms with Crippen molar-refractivity contribution >= 4 is 17.2 Å². The monoisotopic (exact) mass is 357 g/mol. The lowest BCUT2D eigenvalue weighted by atomic mass is 10.1. The van der Waals surface area contributed by atoms with Gasteiger partial charge in [0.25, 0.3) is 0 Å². The third-order valence-corrected chi connectivity index (χ3v) is 6.37. The minimum absolute atomic E-state index is 0.344. The summed E-state index contributed by atoms with van der Waals surface area (Å²) in [5.74, 6) is 1.15. The zero-order valence-corrected chi connectivity index (χ0v) is 15.8. The van der Waals surface area contributed by atoms with E-state index in [0.29, 0.717) is 6.10 Å². The molecule has 0 amide bonds. The SMILES string of the molecule is Cc1cccnc1N1CCN(Cc2ccc([C@@H]3CCCCO3)s2)CC1. The van der Waals surface area contributed by atoms with E-state index in [-0.39, 0.29) is 0 Å². The van der Waals surface area contributed by atoms with E-state index in [4.69, 9.17) is 4.74 Å². The molecule has 0 N–H and O–H groups in total. The predicted octanol–water partition coefficient (Wildman–Crippen LogP) is 4.02. The Balaban J connectivity index is 1.31. The lowest BCUT2D eigenvalue weighted by Gasteiger charge is -2.35. The highest BCUT2D eigenvalue weighted by atomic mass is 32.1. The fourth-order valence-electron chi connectivity index (χ4n) is 3.76. The summed E-state index contributed by atoms with van der Waals surface area (Å²) in [6.07, 6.45) is 5.94. The molecule has 0 aromatic carbocycles. The van der Waals surface area contributed by atoms with Gasteiger partial charge in [-0.2, -0.15) is 0 Å². The quantitative estimate of drug-likeness (QED) is 0.826. The molecule has 0 unspecified atom stereocenters. The number of thiophene rings is 1. The highest BCUT2D eigenvalue weighted by Gasteiger charge is 2.21. The summed E-state index contributed by atoms with van der Waals surface area (Å²) in [6, 6.07) is 8.74. The average Bonchev–Trinajstić information content (AvgIpc) is 3.12. The molecule has 2 aromatic heterocycles. The number of aromatic nitrogens is 1. The van der Waals surface area contributed by atoms with Crippen molar-refractivity contribution in [2.75, 3.05) is 37.7 Å². The Morgan fingerprint density at radius 1 is 1.16 bits per heavy atom. The molecule has 2 saturated heterocycles. The van der Waals surface area contributed by atoms with Crippen LogP contribution in [-0.4, -0.2) is 42.7 Å². The van der Waals surface area contributed by atoms with Gasteiger partial charge in [-0.1, -0.05) is 6.07 Å². The topological polar surface area (TPSA) is 28.6 Å². The fourth-order valence-corrected chi connectivity index (χ4v) is 4.90. The van der Waals surface area contributed by atoms with Gasteiger partial charge in [-0.05, 0) is 49.9 Å². The van der Waals surface area contributed by atoms with Gasteiger partial charge in [0.1, 0.15) is 5.82 Å². The van der Waals surface area contributed by atoms with Crippen molar-refractivity contribution in [3.63, 3.8) is 0 Å². The number of pyridine rings is 1. The van der Waals surface area contributed by atoms with Crippen LogP contribution in [0.3, 0.4) is 0 Å². The second-order valence-corrected chi connectivity index (χ2v) is 8.27. The predicted molar refractivity (Wildman–Crippen MR) is 103 cm³/mol. The van der Waals surface area contributed by atoms with Gasteiger partial charge in [-0.25, -0.2) is 4.98 Å². The standard InChI is InChI=1S/C20H27N3OS/c1-16-5-4-9-21-20(16)23-12-10-22(11-13-23)15-17-7-8-19(25-17)18-6-2-3-14-24-18/h4-5,7-9,18H,2-3,6,10-15H2,1H3/t18-/m0/s1. The average molecular weight is 358 g/mol. The summed E-state index contributed by atoms with van der Waals surface area (Å²) >= 11 is 1.94. The first kappa shape index (κ1) is 17.0. The zero-order chi connectivity index (χ0) is 17.1. The number of ether oxygens (including phenoxy) is 1. The van der Waals surface area contributed by atoms with Gasteiger partial charge in [0.15, 0.2) is 0 Å². The van der Waals surface area contributed by atoms with Gasteiger partial charge in [-0.15, -0.1) is 11.3 Å². The van der Waals surface area contributed by atoms with Crippen LogP contribution in [0.1, 0.15) is 40.7 Å². The molecule has 25 heavy (non-hydrogen) atoms. The van der Waals surface area contributed by atoms with Crippen molar-refractivity contribution < 1.29 is 4.74 Å². The molecule has 2 aliphatic rings. The molecule has 4 nitrogen and oxygen atoms in total. The van der Waals surface area contributed by atoms with E-state index in [9.17, 15) is 0 Å². The largest absolute Gasteiger partial charge is 0.373 e. The molecular formula is C20H27N3OS. The first-order valence-electron chi connectivity index (χ1n) is 9.39. The maximum absolute atomic E-state index is 5.92. The molecule has 4 heterocycles. The Kier molecular flexibility index (Phi) is 5.34. The molecule has 2 aromatic rings.